The summed E-state index contributed by atoms with van der Waals surface area (Å²) in [4.78, 5) is 0. The van der Waals surface area contributed by atoms with Crippen molar-refractivity contribution < 1.29 is 58.2 Å². The van der Waals surface area contributed by atoms with E-state index in [9.17, 15) is 0 Å². The number of halogens is 2. The van der Waals surface area contributed by atoms with E-state index in [-0.39, 0.29) is 24.8 Å². The normalized spacial score (nSPS) is 11.8. The van der Waals surface area contributed by atoms with Gasteiger partial charge in [-0.2, -0.15) is 29.7 Å². The van der Waals surface area contributed by atoms with Crippen molar-refractivity contribution in [3.63, 3.8) is 0 Å². The van der Waals surface area contributed by atoms with Crippen molar-refractivity contribution in [1.29, 1.82) is 0 Å². The summed E-state index contributed by atoms with van der Waals surface area (Å²) >= 11 is 1.55. The first-order valence-electron chi connectivity index (χ1n) is 8.94. The van der Waals surface area contributed by atoms with Crippen LogP contribution in [0.2, 0.25) is 19.6 Å². The SMILES string of the molecule is C[C](C)=[Zr+2].C[Si](C)(C)OCCOC1=[C-]CC=C1.[Cl-].[Cl-].c1ccc2[cH-]ccc2c1. The van der Waals surface area contributed by atoms with E-state index >= 15 is 0 Å². The van der Waals surface area contributed by atoms with Crippen LogP contribution in [0.25, 0.3) is 10.8 Å². The molecule has 0 heterocycles. The fourth-order valence-electron chi connectivity index (χ4n) is 2.05. The van der Waals surface area contributed by atoms with Crippen molar-refractivity contribution in [3.05, 3.63) is 66.5 Å². The van der Waals surface area contributed by atoms with Gasteiger partial charge in [0.15, 0.2) is 8.32 Å². The summed E-state index contributed by atoms with van der Waals surface area (Å²) in [5.41, 5.74) is 0. The largest absolute Gasteiger partial charge is 1.00 e. The van der Waals surface area contributed by atoms with Crippen LogP contribution in [0.5, 0.6) is 0 Å². The molecule has 0 saturated carbocycles. The number of fused-ring (bicyclic) bond motifs is 1. The van der Waals surface area contributed by atoms with Crippen LogP contribution >= 0.6 is 0 Å². The Labute approximate surface area is 199 Å². The Kier molecular flexibility index (Phi) is 17.5. The molecule has 2 aromatic rings. The average molecular weight is 517 g/mol. The van der Waals surface area contributed by atoms with Crippen LogP contribution in [0.3, 0.4) is 0 Å². The minimum absolute atomic E-state index is 0. The monoisotopic (exact) mass is 514 g/mol. The standard InChI is InChI=1S/C10H17O2Si.C9H7.C3H6.2ClH.Zr/c1-13(2,3)12-9-8-11-10-6-4-5-7-10;1-2-5-9-7-3-6-8(9)4-1;1-3-2;;;/h4,6H,5,8-9H2,1-3H3;1-7H;1-2H3;2*1H;/q2*-1;;;;+2/p-2. The first-order valence-corrected chi connectivity index (χ1v) is 13.6. The molecular formula is C22H30Cl2O2SiZr-2. The van der Waals surface area contributed by atoms with Crippen molar-refractivity contribution in [2.75, 3.05) is 13.2 Å². The number of allylic oxidation sites excluding steroid dienone is 3. The molecule has 3 rings (SSSR count). The van der Waals surface area contributed by atoms with Crippen molar-refractivity contribution in [1.82, 2.24) is 0 Å². The maximum atomic E-state index is 5.64. The van der Waals surface area contributed by atoms with Crippen LogP contribution in [-0.2, 0) is 33.4 Å². The quantitative estimate of drug-likeness (QED) is 0.312. The average Bonchev–Trinajstić information content (AvgIpc) is 3.22. The minimum Gasteiger partial charge on any atom is -1.00 e. The zero-order valence-electron chi connectivity index (χ0n) is 17.4. The second-order valence-electron chi connectivity index (χ2n) is 7.11. The molecule has 1 aliphatic carbocycles. The van der Waals surface area contributed by atoms with E-state index < -0.39 is 8.32 Å². The van der Waals surface area contributed by atoms with E-state index in [4.69, 9.17) is 9.16 Å². The Bertz CT molecular complexity index is 699. The van der Waals surface area contributed by atoms with Crippen LogP contribution < -0.4 is 24.8 Å². The fourth-order valence-corrected chi connectivity index (χ4v) is 2.75. The fraction of sp³-hybridized carbons (Fsp3) is 0.364. The first kappa shape index (κ1) is 29.8. The van der Waals surface area contributed by atoms with Crippen molar-refractivity contribution >= 4 is 22.3 Å². The Morgan fingerprint density at radius 1 is 1.11 bits per heavy atom. The molecule has 2 aromatic carbocycles. The summed E-state index contributed by atoms with van der Waals surface area (Å²) in [7, 11) is -1.36. The molecular weight excluding hydrogens is 486 g/mol. The second kappa shape index (κ2) is 16.4. The number of benzene rings is 1. The zero-order valence-corrected chi connectivity index (χ0v) is 22.4. The summed E-state index contributed by atoms with van der Waals surface area (Å²) in [5.74, 6) is 0.860. The number of ether oxygens (including phenoxy) is 1. The van der Waals surface area contributed by atoms with E-state index in [0.29, 0.717) is 13.2 Å². The van der Waals surface area contributed by atoms with Crippen LogP contribution in [-0.4, -0.2) is 24.7 Å². The molecule has 154 valence electrons. The Morgan fingerprint density at radius 3 is 2.29 bits per heavy atom. The second-order valence-corrected chi connectivity index (χ2v) is 14.1. The van der Waals surface area contributed by atoms with Crippen LogP contribution in [0.15, 0.2) is 60.4 Å². The van der Waals surface area contributed by atoms with Crippen molar-refractivity contribution in [2.45, 2.75) is 39.9 Å². The third-order valence-corrected chi connectivity index (χ3v) is 4.16. The maximum absolute atomic E-state index is 5.64. The summed E-state index contributed by atoms with van der Waals surface area (Å²) in [6, 6.07) is 14.7. The van der Waals surface area contributed by atoms with Gasteiger partial charge in [0.05, 0.1) is 6.61 Å². The van der Waals surface area contributed by atoms with Crippen molar-refractivity contribution in [2.24, 2.45) is 0 Å². The molecule has 1 aliphatic rings. The van der Waals surface area contributed by atoms with Gasteiger partial charge in [-0.15, -0.1) is 36.1 Å². The Morgan fingerprint density at radius 2 is 1.75 bits per heavy atom. The molecule has 0 bridgehead atoms. The summed E-state index contributed by atoms with van der Waals surface area (Å²) < 4.78 is 12.6. The topological polar surface area (TPSA) is 18.5 Å². The van der Waals surface area contributed by atoms with Gasteiger partial charge in [0, 0.05) is 0 Å². The maximum Gasteiger partial charge on any atom is 0.183 e. The molecule has 0 aromatic heterocycles. The summed E-state index contributed by atoms with van der Waals surface area (Å²) in [5, 5.41) is 2.66. The molecule has 2 nitrogen and oxygen atoms in total. The molecule has 0 radical (unpaired) electrons. The zero-order chi connectivity index (χ0) is 19.4. The van der Waals surface area contributed by atoms with Crippen molar-refractivity contribution in [3.8, 4) is 0 Å². The first-order chi connectivity index (χ1) is 12.3. The van der Waals surface area contributed by atoms with E-state index in [1.807, 2.05) is 12.2 Å². The molecule has 0 amide bonds. The van der Waals surface area contributed by atoms with Gasteiger partial charge in [-0.1, -0.05) is 11.8 Å². The smallest absolute Gasteiger partial charge is 0.183 e. The van der Waals surface area contributed by atoms with E-state index in [0.717, 1.165) is 12.2 Å². The minimum atomic E-state index is -1.36. The Balaban J connectivity index is 0. The molecule has 0 atom stereocenters. The predicted octanol–water partition coefficient (Wildman–Crippen LogP) is -0.186. The summed E-state index contributed by atoms with van der Waals surface area (Å²) in [6.07, 6.45) is 7.96. The molecule has 0 saturated heterocycles. The Hall–Kier alpha value is -0.380. The molecule has 0 N–H and O–H groups in total. The van der Waals surface area contributed by atoms with Gasteiger partial charge in [-0.25, -0.2) is 6.08 Å². The molecule has 0 spiro atoms. The van der Waals surface area contributed by atoms with Gasteiger partial charge in [-0.3, -0.25) is 0 Å². The van der Waals surface area contributed by atoms with Crippen LogP contribution in [0.1, 0.15) is 20.3 Å². The van der Waals surface area contributed by atoms with E-state index in [2.05, 4.69) is 82.0 Å². The molecule has 28 heavy (non-hydrogen) atoms. The molecule has 0 fully saturated rings. The van der Waals surface area contributed by atoms with Crippen LogP contribution in [0.4, 0.5) is 0 Å². The van der Waals surface area contributed by atoms with Gasteiger partial charge < -0.3 is 34.0 Å². The van der Waals surface area contributed by atoms with Crippen LogP contribution in [0, 0.1) is 6.08 Å². The number of hydrogen-bond acceptors (Lipinski definition) is 2. The third kappa shape index (κ3) is 15.5. The van der Waals surface area contributed by atoms with E-state index in [1.165, 1.54) is 14.0 Å². The number of hydrogen-bond donors (Lipinski definition) is 0. The van der Waals surface area contributed by atoms with Gasteiger partial charge >= 0.3 is 41.3 Å². The van der Waals surface area contributed by atoms with Gasteiger partial charge in [-0.05, 0) is 19.6 Å². The summed E-state index contributed by atoms with van der Waals surface area (Å²) in [6.45, 7) is 12.1. The molecule has 0 aliphatic heterocycles. The van der Waals surface area contributed by atoms with Gasteiger partial charge in [0.1, 0.15) is 6.61 Å². The molecule has 0 unspecified atom stereocenters. The van der Waals surface area contributed by atoms with Gasteiger partial charge in [0.2, 0.25) is 0 Å². The van der Waals surface area contributed by atoms with E-state index in [1.54, 1.807) is 24.2 Å². The number of rotatable bonds is 5. The third-order valence-electron chi connectivity index (χ3n) is 3.09. The molecule has 6 heteroatoms. The predicted molar refractivity (Wildman–Crippen MR) is 112 cm³/mol. The van der Waals surface area contributed by atoms with Gasteiger partial charge in [0.25, 0.3) is 0 Å².